The molecule has 0 aromatic heterocycles. The number of nitrogens with one attached hydrogen (secondary N) is 2. The van der Waals surface area contributed by atoms with Crippen molar-refractivity contribution in [1.82, 2.24) is 5.32 Å². The van der Waals surface area contributed by atoms with Gasteiger partial charge in [0.2, 0.25) is 0 Å². The van der Waals surface area contributed by atoms with E-state index in [1.165, 1.54) is 12.1 Å². The lowest BCUT2D eigenvalue weighted by Gasteiger charge is -2.26. The Hall–Kier alpha value is -3.07. The molecule has 37 heavy (non-hydrogen) atoms. The Kier molecular flexibility index (Phi) is 9.59. The number of halogens is 1. The van der Waals surface area contributed by atoms with Gasteiger partial charge in [0.25, 0.3) is 5.91 Å². The second kappa shape index (κ2) is 12.4. The molecule has 0 radical (unpaired) electrons. The zero-order chi connectivity index (χ0) is 27.2. The van der Waals surface area contributed by atoms with Crippen molar-refractivity contribution < 1.29 is 23.1 Å². The second-order valence-corrected chi connectivity index (χ2v) is 11.7. The Morgan fingerprint density at radius 2 is 1.68 bits per heavy atom. The van der Waals surface area contributed by atoms with Gasteiger partial charge in [-0.05, 0) is 60.0 Å². The zero-order valence-corrected chi connectivity index (χ0v) is 22.9. The van der Waals surface area contributed by atoms with E-state index in [0.717, 1.165) is 11.3 Å². The van der Waals surface area contributed by atoms with Crippen molar-refractivity contribution in [2.45, 2.75) is 37.8 Å². The number of aliphatic hydroxyl groups excluding tert-OH is 1. The van der Waals surface area contributed by atoms with E-state index in [2.05, 4.69) is 24.5 Å². The first kappa shape index (κ1) is 28.5. The summed E-state index contributed by atoms with van der Waals surface area (Å²) in [4.78, 5) is 13.3. The number of hydrogen-bond donors (Lipinski definition) is 3. The first-order chi connectivity index (χ1) is 17.6. The van der Waals surface area contributed by atoms with Crippen molar-refractivity contribution in [3.05, 3.63) is 88.4 Å². The van der Waals surface area contributed by atoms with Crippen molar-refractivity contribution >= 4 is 33.0 Å². The Balaban J connectivity index is 1.81. The van der Waals surface area contributed by atoms with E-state index in [-0.39, 0.29) is 35.1 Å². The molecule has 3 aromatic carbocycles. The molecule has 0 saturated carbocycles. The van der Waals surface area contributed by atoms with E-state index in [0.29, 0.717) is 21.9 Å². The number of methoxy groups -OCH3 is 1. The van der Waals surface area contributed by atoms with E-state index in [1.807, 2.05) is 30.3 Å². The standard InChI is InChI=1S/C28H33ClN2O5S/c1-5-37(34,35)23-13-6-19(7-14-23)25(17-32)31-28(33)20-8-15-24(26(16-20)36-4)27(18(2)3)30-22-11-9-21(29)10-12-22/h6-16,18,25,27,30,32H,5,17H2,1-4H3,(H,31,33)/t25-,27?/m0/s1. The number of sulfone groups is 1. The van der Waals surface area contributed by atoms with Crippen molar-refractivity contribution in [1.29, 1.82) is 0 Å². The molecule has 0 bridgehead atoms. The van der Waals surface area contributed by atoms with Gasteiger partial charge in [0.05, 0.1) is 36.4 Å². The average molecular weight is 545 g/mol. The van der Waals surface area contributed by atoms with Gasteiger partial charge >= 0.3 is 0 Å². The van der Waals surface area contributed by atoms with Gasteiger partial charge in [-0.3, -0.25) is 4.79 Å². The summed E-state index contributed by atoms with van der Waals surface area (Å²) in [6, 6.07) is 18.1. The fourth-order valence-corrected chi connectivity index (χ4v) is 5.00. The largest absolute Gasteiger partial charge is 0.496 e. The van der Waals surface area contributed by atoms with Gasteiger partial charge in [0.15, 0.2) is 9.84 Å². The molecule has 198 valence electrons. The van der Waals surface area contributed by atoms with E-state index < -0.39 is 15.9 Å². The van der Waals surface area contributed by atoms with Crippen molar-refractivity contribution in [2.24, 2.45) is 5.92 Å². The summed E-state index contributed by atoms with van der Waals surface area (Å²) in [5.41, 5.74) is 2.78. The van der Waals surface area contributed by atoms with E-state index in [9.17, 15) is 18.3 Å². The van der Waals surface area contributed by atoms with Gasteiger partial charge in [-0.15, -0.1) is 0 Å². The first-order valence-corrected chi connectivity index (χ1v) is 14.1. The van der Waals surface area contributed by atoms with Gasteiger partial charge in [0, 0.05) is 21.8 Å². The van der Waals surface area contributed by atoms with Crippen LogP contribution in [0.15, 0.2) is 71.6 Å². The molecule has 0 fully saturated rings. The molecule has 1 unspecified atom stereocenters. The second-order valence-electron chi connectivity index (χ2n) is 9.01. The summed E-state index contributed by atoms with van der Waals surface area (Å²) >= 11 is 6.01. The Morgan fingerprint density at radius 3 is 2.22 bits per heavy atom. The van der Waals surface area contributed by atoms with Gasteiger partial charge in [-0.2, -0.15) is 0 Å². The molecule has 0 heterocycles. The van der Waals surface area contributed by atoms with Gasteiger partial charge < -0.3 is 20.5 Å². The minimum Gasteiger partial charge on any atom is -0.496 e. The molecule has 0 aliphatic carbocycles. The van der Waals surface area contributed by atoms with Crippen LogP contribution in [0.4, 0.5) is 5.69 Å². The van der Waals surface area contributed by atoms with Gasteiger partial charge in [-0.1, -0.05) is 50.6 Å². The highest BCUT2D eigenvalue weighted by atomic mass is 35.5. The van der Waals surface area contributed by atoms with Crippen LogP contribution < -0.4 is 15.4 Å². The average Bonchev–Trinajstić information content (AvgIpc) is 2.90. The van der Waals surface area contributed by atoms with Crippen molar-refractivity contribution in [3.8, 4) is 5.75 Å². The fraction of sp³-hybridized carbons (Fsp3) is 0.321. The van der Waals surface area contributed by atoms with Gasteiger partial charge in [-0.25, -0.2) is 8.42 Å². The quantitative estimate of drug-likeness (QED) is 0.298. The number of aliphatic hydroxyl groups is 1. The Bertz CT molecular complexity index is 1310. The fourth-order valence-electron chi connectivity index (χ4n) is 3.99. The maximum Gasteiger partial charge on any atom is 0.251 e. The molecule has 3 rings (SSSR count). The number of hydrogen-bond acceptors (Lipinski definition) is 6. The van der Waals surface area contributed by atoms with Crippen molar-refractivity contribution in [2.75, 3.05) is 24.8 Å². The highest BCUT2D eigenvalue weighted by Gasteiger charge is 2.23. The molecule has 3 aromatic rings. The molecular formula is C28H33ClN2O5S. The first-order valence-electron chi connectivity index (χ1n) is 12.0. The van der Waals surface area contributed by atoms with Crippen LogP contribution in [0, 0.1) is 5.92 Å². The van der Waals surface area contributed by atoms with Gasteiger partial charge in [0.1, 0.15) is 5.75 Å². The number of carbonyl (C=O) groups excluding carboxylic acids is 1. The van der Waals surface area contributed by atoms with E-state index in [4.69, 9.17) is 16.3 Å². The lowest BCUT2D eigenvalue weighted by Crippen LogP contribution is -2.31. The van der Waals surface area contributed by atoms with Crippen LogP contribution in [0.2, 0.25) is 5.02 Å². The summed E-state index contributed by atoms with van der Waals surface area (Å²) in [5.74, 6) is 0.378. The molecule has 0 aliphatic rings. The number of carbonyl (C=O) groups is 1. The third-order valence-corrected chi connectivity index (χ3v) is 8.18. The number of ether oxygens (including phenoxy) is 1. The van der Waals surface area contributed by atoms with Crippen molar-refractivity contribution in [3.63, 3.8) is 0 Å². The van der Waals surface area contributed by atoms with E-state index in [1.54, 1.807) is 38.3 Å². The predicted octanol–water partition coefficient (Wildman–Crippen LogP) is 5.41. The van der Waals surface area contributed by atoms with Crippen LogP contribution in [0.25, 0.3) is 0 Å². The van der Waals surface area contributed by atoms with Crippen LogP contribution in [0.5, 0.6) is 5.75 Å². The van der Waals surface area contributed by atoms with Crippen LogP contribution >= 0.6 is 11.6 Å². The minimum atomic E-state index is -3.34. The monoisotopic (exact) mass is 544 g/mol. The normalized spacial score (nSPS) is 13.2. The topological polar surface area (TPSA) is 105 Å². The lowest BCUT2D eigenvalue weighted by molar-refractivity contribution is 0.0915. The Labute approximate surface area is 223 Å². The molecule has 0 spiro atoms. The maximum atomic E-state index is 13.1. The van der Waals surface area contributed by atoms with Crippen LogP contribution in [0.3, 0.4) is 0 Å². The molecule has 0 saturated heterocycles. The minimum absolute atomic E-state index is 0.00275. The molecule has 3 N–H and O–H groups in total. The molecule has 2 atom stereocenters. The smallest absolute Gasteiger partial charge is 0.251 e. The predicted molar refractivity (Wildman–Crippen MR) is 147 cm³/mol. The highest BCUT2D eigenvalue weighted by Crippen LogP contribution is 2.34. The number of anilines is 1. The SMILES string of the molecule is CCS(=O)(=O)c1ccc([C@H](CO)NC(=O)c2ccc(C(Nc3ccc(Cl)cc3)C(C)C)c(OC)c2)cc1. The van der Waals surface area contributed by atoms with E-state index >= 15 is 0 Å². The molecule has 9 heteroatoms. The number of benzene rings is 3. The zero-order valence-electron chi connectivity index (χ0n) is 21.4. The molecule has 7 nitrogen and oxygen atoms in total. The van der Waals surface area contributed by atoms with Crippen LogP contribution in [0.1, 0.15) is 54.3 Å². The summed E-state index contributed by atoms with van der Waals surface area (Å²) < 4.78 is 29.8. The molecule has 1 amide bonds. The van der Waals surface area contributed by atoms with Crippen LogP contribution in [-0.4, -0.2) is 38.9 Å². The number of amides is 1. The summed E-state index contributed by atoms with van der Waals surface area (Å²) in [5, 5.41) is 16.9. The maximum absolute atomic E-state index is 13.1. The lowest BCUT2D eigenvalue weighted by atomic mass is 9.93. The Morgan fingerprint density at radius 1 is 1.03 bits per heavy atom. The molecular weight excluding hydrogens is 512 g/mol. The third kappa shape index (κ3) is 7.03. The van der Waals surface area contributed by atoms with Crippen LogP contribution in [-0.2, 0) is 9.84 Å². The number of rotatable bonds is 11. The third-order valence-electron chi connectivity index (χ3n) is 6.17. The summed E-state index contributed by atoms with van der Waals surface area (Å²) in [6.07, 6.45) is 0. The highest BCUT2D eigenvalue weighted by molar-refractivity contribution is 7.91. The molecule has 0 aliphatic heterocycles. The summed E-state index contributed by atoms with van der Waals surface area (Å²) in [6.45, 7) is 5.42. The summed E-state index contributed by atoms with van der Waals surface area (Å²) in [7, 11) is -1.78.